The first-order valence-electron chi connectivity index (χ1n) is 13.6. The Morgan fingerprint density at radius 2 is 1.76 bits per heavy atom. The van der Waals surface area contributed by atoms with Crippen molar-refractivity contribution in [3.8, 4) is 0 Å². The normalized spacial score (nSPS) is 26.2. The van der Waals surface area contributed by atoms with E-state index < -0.39 is 18.1 Å². The maximum atomic E-state index is 13.9. The highest BCUT2D eigenvalue weighted by Gasteiger charge is 2.46. The predicted molar refractivity (Wildman–Crippen MR) is 140 cm³/mol. The highest BCUT2D eigenvalue weighted by atomic mass is 16.2. The zero-order chi connectivity index (χ0) is 26.7. The van der Waals surface area contributed by atoms with E-state index in [1.54, 1.807) is 23.8 Å². The Labute approximate surface area is 219 Å². The molecule has 1 aromatic rings. The van der Waals surface area contributed by atoms with Gasteiger partial charge in [-0.3, -0.25) is 19.2 Å². The summed E-state index contributed by atoms with van der Waals surface area (Å²) in [6, 6.07) is 5.99. The molecule has 0 radical (unpaired) electrons. The summed E-state index contributed by atoms with van der Waals surface area (Å²) in [6.45, 7) is 6.31. The monoisotopic (exact) mass is 511 g/mol. The highest BCUT2D eigenvalue weighted by Crippen LogP contribution is 2.33. The van der Waals surface area contributed by atoms with Crippen molar-refractivity contribution in [3.63, 3.8) is 0 Å². The molecule has 4 rings (SSSR count). The third kappa shape index (κ3) is 5.98. The van der Waals surface area contributed by atoms with E-state index in [4.69, 9.17) is 0 Å². The first-order chi connectivity index (χ1) is 17.7. The van der Waals surface area contributed by atoms with E-state index in [1.807, 2.05) is 26.0 Å². The summed E-state index contributed by atoms with van der Waals surface area (Å²) in [4.78, 5) is 56.6. The van der Waals surface area contributed by atoms with E-state index in [-0.39, 0.29) is 48.2 Å². The van der Waals surface area contributed by atoms with Crippen LogP contribution in [0.25, 0.3) is 0 Å². The van der Waals surface area contributed by atoms with Crippen LogP contribution in [0.15, 0.2) is 24.3 Å². The summed E-state index contributed by atoms with van der Waals surface area (Å²) < 4.78 is 0. The first-order valence-corrected chi connectivity index (χ1v) is 13.6. The summed E-state index contributed by atoms with van der Waals surface area (Å²) >= 11 is 0. The zero-order valence-corrected chi connectivity index (χ0v) is 22.5. The van der Waals surface area contributed by atoms with Gasteiger partial charge in [-0.1, -0.05) is 38.1 Å². The number of aryl methyl sites for hydroxylation is 1. The van der Waals surface area contributed by atoms with E-state index in [9.17, 15) is 19.2 Å². The van der Waals surface area contributed by atoms with Crippen molar-refractivity contribution in [2.45, 2.75) is 89.5 Å². The average Bonchev–Trinajstić information content (AvgIpc) is 3.47. The number of fused-ring (bicyclic) bond motifs is 2. The number of carbonyl (C=O) groups excluding carboxylic acids is 4. The van der Waals surface area contributed by atoms with Gasteiger partial charge in [0.15, 0.2) is 0 Å². The van der Waals surface area contributed by atoms with Gasteiger partial charge in [-0.05, 0) is 63.1 Å². The van der Waals surface area contributed by atoms with Gasteiger partial charge in [-0.2, -0.15) is 0 Å². The standard InChI is InChI=1S/C28H41N5O4/c1-17(2)15-25(34)32-14-13-20-10-12-24(27(36)30-22-11-9-19-7-5-6-8-21(19)22)33(20)28(37)23(16-32)31-26(35)18(3)29-4/h5-8,17-18,20,22-24,29H,9-16H2,1-4H3,(H,30,36)(H,31,35)/t18-,20+,22-,23-,24-/m0/s1. The molecule has 1 aliphatic carbocycles. The fraction of sp³-hybridized carbons (Fsp3) is 0.643. The molecule has 0 spiro atoms. The Morgan fingerprint density at radius 3 is 2.49 bits per heavy atom. The minimum absolute atomic E-state index is 0.00986. The lowest BCUT2D eigenvalue weighted by molar-refractivity contribution is -0.147. The molecule has 9 heteroatoms. The molecule has 2 aliphatic heterocycles. The molecule has 0 saturated carbocycles. The largest absolute Gasteiger partial charge is 0.347 e. The van der Waals surface area contributed by atoms with Crippen LogP contribution in [0.1, 0.15) is 70.0 Å². The number of carbonyl (C=O) groups is 4. The summed E-state index contributed by atoms with van der Waals surface area (Å²) in [6.07, 6.45) is 4.07. The summed E-state index contributed by atoms with van der Waals surface area (Å²) in [5.41, 5.74) is 2.40. The van der Waals surface area contributed by atoms with Gasteiger partial charge in [-0.25, -0.2) is 0 Å². The smallest absolute Gasteiger partial charge is 0.247 e. The molecule has 0 bridgehead atoms. The summed E-state index contributed by atoms with van der Waals surface area (Å²) in [5, 5.41) is 8.97. The molecule has 1 aromatic carbocycles. The number of nitrogens with zero attached hydrogens (tertiary/aromatic N) is 2. The fourth-order valence-electron chi connectivity index (χ4n) is 5.85. The Balaban J connectivity index is 1.53. The minimum atomic E-state index is -0.900. The number of nitrogens with one attached hydrogen (secondary N) is 3. The van der Waals surface area contributed by atoms with Crippen LogP contribution >= 0.6 is 0 Å². The van der Waals surface area contributed by atoms with Crippen molar-refractivity contribution in [1.29, 1.82) is 0 Å². The SMILES string of the molecule is CN[C@@H](C)C(=O)N[C@H]1CN(C(=O)CC(C)C)CC[C@H]2CC[C@@H](C(=O)N[C@H]3CCc4ccccc43)N2C1=O. The van der Waals surface area contributed by atoms with Crippen molar-refractivity contribution in [2.24, 2.45) is 5.92 Å². The van der Waals surface area contributed by atoms with E-state index in [0.717, 1.165) is 18.4 Å². The average molecular weight is 512 g/mol. The maximum Gasteiger partial charge on any atom is 0.247 e. The first kappa shape index (κ1) is 27.1. The highest BCUT2D eigenvalue weighted by molar-refractivity contribution is 5.94. The van der Waals surface area contributed by atoms with Gasteiger partial charge < -0.3 is 25.8 Å². The van der Waals surface area contributed by atoms with Crippen LogP contribution in [0.5, 0.6) is 0 Å². The molecule has 4 amide bonds. The lowest BCUT2D eigenvalue weighted by atomic mass is 10.0. The Morgan fingerprint density at radius 1 is 1.00 bits per heavy atom. The van der Waals surface area contributed by atoms with Gasteiger partial charge in [0, 0.05) is 25.6 Å². The second-order valence-electron chi connectivity index (χ2n) is 11.1. The number of benzene rings is 1. The third-order valence-electron chi connectivity index (χ3n) is 8.02. The number of hydrogen-bond donors (Lipinski definition) is 3. The Kier molecular flexibility index (Phi) is 8.52. The quantitative estimate of drug-likeness (QED) is 0.514. The number of amides is 4. The molecular weight excluding hydrogens is 470 g/mol. The summed E-state index contributed by atoms with van der Waals surface area (Å²) in [7, 11) is 1.68. The molecule has 2 saturated heterocycles. The topological polar surface area (TPSA) is 111 Å². The van der Waals surface area contributed by atoms with Crippen molar-refractivity contribution in [2.75, 3.05) is 20.1 Å². The zero-order valence-electron chi connectivity index (χ0n) is 22.5. The molecule has 2 heterocycles. The van der Waals surface area contributed by atoms with Gasteiger partial charge in [0.1, 0.15) is 12.1 Å². The predicted octanol–water partition coefficient (Wildman–Crippen LogP) is 1.52. The van der Waals surface area contributed by atoms with Crippen LogP contribution in [0.4, 0.5) is 0 Å². The van der Waals surface area contributed by atoms with Crippen LogP contribution in [0.2, 0.25) is 0 Å². The summed E-state index contributed by atoms with van der Waals surface area (Å²) in [5.74, 6) is -0.545. The van der Waals surface area contributed by atoms with Gasteiger partial charge in [0.2, 0.25) is 23.6 Å². The van der Waals surface area contributed by atoms with Crippen molar-refractivity contribution < 1.29 is 19.2 Å². The molecule has 0 unspecified atom stereocenters. The van der Waals surface area contributed by atoms with Crippen LogP contribution in [0.3, 0.4) is 0 Å². The molecule has 3 N–H and O–H groups in total. The Bertz CT molecular complexity index is 1030. The van der Waals surface area contributed by atoms with Crippen molar-refractivity contribution in [1.82, 2.24) is 25.8 Å². The third-order valence-corrected chi connectivity index (χ3v) is 8.02. The van der Waals surface area contributed by atoms with Crippen molar-refractivity contribution >= 4 is 23.6 Å². The van der Waals surface area contributed by atoms with Gasteiger partial charge in [-0.15, -0.1) is 0 Å². The van der Waals surface area contributed by atoms with Crippen LogP contribution < -0.4 is 16.0 Å². The molecule has 5 atom stereocenters. The van der Waals surface area contributed by atoms with Crippen LogP contribution in [-0.2, 0) is 25.6 Å². The number of rotatable bonds is 7. The van der Waals surface area contributed by atoms with Crippen molar-refractivity contribution in [3.05, 3.63) is 35.4 Å². The van der Waals surface area contributed by atoms with Crippen LogP contribution in [-0.4, -0.2) is 77.7 Å². The van der Waals surface area contributed by atoms with E-state index in [2.05, 4.69) is 28.1 Å². The molecule has 3 aliphatic rings. The molecule has 37 heavy (non-hydrogen) atoms. The lowest BCUT2D eigenvalue weighted by Crippen LogP contribution is -2.62. The second kappa shape index (κ2) is 11.6. The fourth-order valence-corrected chi connectivity index (χ4v) is 5.85. The van der Waals surface area contributed by atoms with E-state index >= 15 is 0 Å². The second-order valence-corrected chi connectivity index (χ2v) is 11.1. The maximum absolute atomic E-state index is 13.9. The molecule has 0 aromatic heterocycles. The van der Waals surface area contributed by atoms with Gasteiger partial charge in [0.25, 0.3) is 0 Å². The van der Waals surface area contributed by atoms with Crippen LogP contribution in [0, 0.1) is 5.92 Å². The van der Waals surface area contributed by atoms with Gasteiger partial charge in [0.05, 0.1) is 12.1 Å². The molecular formula is C28H41N5O4. The number of likely N-dealkylation sites (N-methyl/N-ethyl adjacent to an activating group) is 1. The molecule has 9 nitrogen and oxygen atoms in total. The van der Waals surface area contributed by atoms with E-state index in [0.29, 0.717) is 32.2 Å². The lowest BCUT2D eigenvalue weighted by Gasteiger charge is -2.39. The molecule has 202 valence electrons. The van der Waals surface area contributed by atoms with E-state index in [1.165, 1.54) is 5.56 Å². The van der Waals surface area contributed by atoms with Gasteiger partial charge >= 0.3 is 0 Å². The minimum Gasteiger partial charge on any atom is -0.347 e. The molecule has 2 fully saturated rings. The Hall–Kier alpha value is -2.94. The number of hydrogen-bond acceptors (Lipinski definition) is 5.